The molecule has 0 amide bonds. The Balaban J connectivity index is 2.18. The van der Waals surface area contributed by atoms with Gasteiger partial charge < -0.3 is 5.32 Å². The van der Waals surface area contributed by atoms with Gasteiger partial charge >= 0.3 is 0 Å². The van der Waals surface area contributed by atoms with Crippen molar-refractivity contribution in [2.24, 2.45) is 0 Å². The lowest BCUT2D eigenvalue weighted by Gasteiger charge is -2.15. The maximum atomic E-state index is 11.7. The van der Waals surface area contributed by atoms with Crippen LogP contribution < -0.4 is 5.32 Å². The SMILES string of the molecule is CS(=O)(=O)c1cccc(-n2nc(C#N)c3c2CCNC3)c1. The molecule has 7 heteroatoms. The highest BCUT2D eigenvalue weighted by Crippen LogP contribution is 2.23. The second-order valence-electron chi connectivity index (χ2n) is 4.99. The molecule has 2 aromatic rings. The normalized spacial score (nSPS) is 14.5. The molecule has 1 aromatic carbocycles. The highest BCUT2D eigenvalue weighted by Gasteiger charge is 2.21. The first kappa shape index (κ1) is 13.8. The van der Waals surface area contributed by atoms with Crippen molar-refractivity contribution in [3.05, 3.63) is 41.2 Å². The number of hydrogen-bond donors (Lipinski definition) is 1. The molecular formula is C14H14N4O2S. The van der Waals surface area contributed by atoms with Crippen LogP contribution in [0.3, 0.4) is 0 Å². The quantitative estimate of drug-likeness (QED) is 0.886. The van der Waals surface area contributed by atoms with Crippen LogP contribution >= 0.6 is 0 Å². The van der Waals surface area contributed by atoms with Crippen molar-refractivity contribution >= 4 is 9.84 Å². The molecule has 2 heterocycles. The van der Waals surface area contributed by atoms with E-state index < -0.39 is 9.84 Å². The molecule has 21 heavy (non-hydrogen) atoms. The summed E-state index contributed by atoms with van der Waals surface area (Å²) in [5.74, 6) is 0. The predicted octanol–water partition coefficient (Wildman–Crippen LogP) is 0.793. The van der Waals surface area contributed by atoms with E-state index in [-0.39, 0.29) is 4.90 Å². The minimum Gasteiger partial charge on any atom is -0.312 e. The molecule has 108 valence electrons. The van der Waals surface area contributed by atoms with Crippen LogP contribution in [0.4, 0.5) is 0 Å². The second-order valence-corrected chi connectivity index (χ2v) is 7.01. The molecule has 0 fully saturated rings. The summed E-state index contributed by atoms with van der Waals surface area (Å²) in [6.45, 7) is 1.43. The Bertz CT molecular complexity index is 846. The van der Waals surface area contributed by atoms with E-state index in [9.17, 15) is 13.7 Å². The molecule has 0 unspecified atom stereocenters. The zero-order valence-electron chi connectivity index (χ0n) is 11.5. The van der Waals surface area contributed by atoms with E-state index in [1.165, 1.54) is 6.26 Å². The Hall–Kier alpha value is -2.17. The maximum absolute atomic E-state index is 11.7. The van der Waals surface area contributed by atoms with Crippen LogP contribution in [0.15, 0.2) is 29.2 Å². The summed E-state index contributed by atoms with van der Waals surface area (Å²) in [4.78, 5) is 0.247. The molecule has 0 atom stereocenters. The summed E-state index contributed by atoms with van der Waals surface area (Å²) in [5.41, 5.74) is 2.92. The molecule has 3 rings (SSSR count). The Morgan fingerprint density at radius 3 is 2.95 bits per heavy atom. The van der Waals surface area contributed by atoms with Gasteiger partial charge in [0.2, 0.25) is 0 Å². The highest BCUT2D eigenvalue weighted by atomic mass is 32.2. The first-order valence-corrected chi connectivity index (χ1v) is 8.42. The van der Waals surface area contributed by atoms with Gasteiger partial charge in [-0.15, -0.1) is 0 Å². The number of aromatic nitrogens is 2. The third kappa shape index (κ3) is 2.44. The molecule has 0 spiro atoms. The average molecular weight is 302 g/mol. The van der Waals surface area contributed by atoms with Crippen LogP contribution in [0, 0.1) is 11.3 Å². The van der Waals surface area contributed by atoms with Gasteiger partial charge in [0.1, 0.15) is 6.07 Å². The van der Waals surface area contributed by atoms with Gasteiger partial charge in [0.15, 0.2) is 15.5 Å². The standard InChI is InChI=1S/C14H14N4O2S/c1-21(19,20)11-4-2-3-10(7-11)18-14-5-6-16-9-12(14)13(8-15)17-18/h2-4,7,16H,5-6,9H2,1H3. The van der Waals surface area contributed by atoms with Gasteiger partial charge in [0.25, 0.3) is 0 Å². The number of nitriles is 1. The lowest BCUT2D eigenvalue weighted by molar-refractivity contribution is 0.601. The third-order valence-corrected chi connectivity index (χ3v) is 4.64. The van der Waals surface area contributed by atoms with Crippen LogP contribution in [-0.2, 0) is 22.8 Å². The molecule has 1 N–H and O–H groups in total. The Morgan fingerprint density at radius 1 is 1.43 bits per heavy atom. The van der Waals surface area contributed by atoms with Crippen molar-refractivity contribution < 1.29 is 8.42 Å². The lowest BCUT2D eigenvalue weighted by atomic mass is 10.1. The van der Waals surface area contributed by atoms with Crippen LogP contribution in [0.25, 0.3) is 5.69 Å². The molecule has 0 radical (unpaired) electrons. The summed E-state index contributed by atoms with van der Waals surface area (Å²) in [6, 6.07) is 8.73. The van der Waals surface area contributed by atoms with Crippen LogP contribution in [0.1, 0.15) is 17.0 Å². The minimum atomic E-state index is -3.27. The maximum Gasteiger partial charge on any atom is 0.175 e. The summed E-state index contributed by atoms with van der Waals surface area (Å²) in [5, 5.41) is 16.7. The summed E-state index contributed by atoms with van der Waals surface area (Å²) < 4.78 is 25.0. The fourth-order valence-corrected chi connectivity index (χ4v) is 3.16. The fourth-order valence-electron chi connectivity index (χ4n) is 2.50. The van der Waals surface area contributed by atoms with E-state index in [2.05, 4.69) is 16.5 Å². The number of benzene rings is 1. The summed E-state index contributed by atoms with van der Waals surface area (Å²) in [7, 11) is -3.27. The second kappa shape index (κ2) is 4.98. The van der Waals surface area contributed by atoms with Crippen molar-refractivity contribution in [1.29, 1.82) is 5.26 Å². The van der Waals surface area contributed by atoms with E-state index >= 15 is 0 Å². The number of sulfone groups is 1. The van der Waals surface area contributed by atoms with Gasteiger partial charge in [-0.1, -0.05) is 6.07 Å². The Labute approximate surface area is 122 Å². The van der Waals surface area contributed by atoms with Gasteiger partial charge in [-0.05, 0) is 18.2 Å². The van der Waals surface area contributed by atoms with E-state index in [1.807, 2.05) is 0 Å². The van der Waals surface area contributed by atoms with Gasteiger partial charge in [-0.3, -0.25) is 0 Å². The minimum absolute atomic E-state index is 0.247. The van der Waals surface area contributed by atoms with Crippen molar-refractivity contribution in [2.75, 3.05) is 12.8 Å². The number of fused-ring (bicyclic) bond motifs is 1. The number of nitrogens with one attached hydrogen (secondary N) is 1. The smallest absolute Gasteiger partial charge is 0.175 e. The van der Waals surface area contributed by atoms with E-state index in [4.69, 9.17) is 0 Å². The molecule has 1 aromatic heterocycles. The molecule has 6 nitrogen and oxygen atoms in total. The Kier molecular flexibility index (Phi) is 3.27. The molecule has 1 aliphatic heterocycles. The summed E-state index contributed by atoms with van der Waals surface area (Å²) >= 11 is 0. The molecule has 0 bridgehead atoms. The van der Waals surface area contributed by atoms with Gasteiger partial charge in [-0.25, -0.2) is 13.1 Å². The van der Waals surface area contributed by atoms with E-state index in [0.29, 0.717) is 17.9 Å². The van der Waals surface area contributed by atoms with Crippen molar-refractivity contribution in [1.82, 2.24) is 15.1 Å². The van der Waals surface area contributed by atoms with Gasteiger partial charge in [-0.2, -0.15) is 10.4 Å². The van der Waals surface area contributed by atoms with E-state index in [1.54, 1.807) is 28.9 Å². The lowest BCUT2D eigenvalue weighted by Crippen LogP contribution is -2.24. The zero-order chi connectivity index (χ0) is 15.0. The first-order valence-electron chi connectivity index (χ1n) is 6.53. The molecule has 0 saturated heterocycles. The highest BCUT2D eigenvalue weighted by molar-refractivity contribution is 7.90. The third-order valence-electron chi connectivity index (χ3n) is 3.53. The molecule has 0 saturated carbocycles. The van der Waals surface area contributed by atoms with Crippen molar-refractivity contribution in [3.8, 4) is 11.8 Å². The Morgan fingerprint density at radius 2 is 2.24 bits per heavy atom. The van der Waals surface area contributed by atoms with Crippen LogP contribution in [0.2, 0.25) is 0 Å². The first-order chi connectivity index (χ1) is 10.0. The van der Waals surface area contributed by atoms with Crippen molar-refractivity contribution in [3.63, 3.8) is 0 Å². The van der Waals surface area contributed by atoms with E-state index in [0.717, 1.165) is 24.2 Å². The van der Waals surface area contributed by atoms with Crippen molar-refractivity contribution in [2.45, 2.75) is 17.9 Å². The number of rotatable bonds is 2. The average Bonchev–Trinajstić information content (AvgIpc) is 2.85. The monoisotopic (exact) mass is 302 g/mol. The molecular weight excluding hydrogens is 288 g/mol. The van der Waals surface area contributed by atoms with Crippen LogP contribution in [-0.4, -0.2) is 31.0 Å². The van der Waals surface area contributed by atoms with Gasteiger partial charge in [0.05, 0.1) is 16.3 Å². The van der Waals surface area contributed by atoms with Gasteiger partial charge in [0, 0.05) is 31.3 Å². The number of nitrogens with zero attached hydrogens (tertiary/aromatic N) is 3. The molecule has 0 aliphatic carbocycles. The summed E-state index contributed by atoms with van der Waals surface area (Å²) in [6.07, 6.45) is 1.93. The molecule has 1 aliphatic rings. The fraction of sp³-hybridized carbons (Fsp3) is 0.286. The zero-order valence-corrected chi connectivity index (χ0v) is 12.3. The largest absolute Gasteiger partial charge is 0.312 e. The van der Waals surface area contributed by atoms with Crippen LogP contribution in [0.5, 0.6) is 0 Å². The predicted molar refractivity (Wildman–Crippen MR) is 76.8 cm³/mol. The topological polar surface area (TPSA) is 87.8 Å². The number of hydrogen-bond acceptors (Lipinski definition) is 5.